The molecule has 3 aromatic rings. The van der Waals surface area contributed by atoms with Crippen LogP contribution in [0.2, 0.25) is 0 Å². The summed E-state index contributed by atoms with van der Waals surface area (Å²) in [6.45, 7) is 1.55. The molecular formula is C21H20NO2S-. The van der Waals surface area contributed by atoms with Crippen LogP contribution >= 0.6 is 0 Å². The standard InChI is InChI=1S/C21H21NO2S/c23-25(24)21-13-7-12-20(16-21)22(17-19-10-5-2-6-11-19)15-14-18-8-3-1-4-9-18/h1-13,16H,14-15,17H2,(H,23,24)/p-1. The molecule has 25 heavy (non-hydrogen) atoms. The second kappa shape index (κ2) is 8.60. The maximum atomic E-state index is 11.3. The molecule has 0 amide bonds. The van der Waals surface area contributed by atoms with E-state index >= 15 is 0 Å². The summed E-state index contributed by atoms with van der Waals surface area (Å²) in [5, 5.41) is 0. The quantitative estimate of drug-likeness (QED) is 0.601. The van der Waals surface area contributed by atoms with Crippen molar-refractivity contribution in [3.63, 3.8) is 0 Å². The Morgan fingerprint density at radius 3 is 2.08 bits per heavy atom. The molecule has 0 radical (unpaired) electrons. The molecule has 3 rings (SSSR count). The van der Waals surface area contributed by atoms with Crippen LogP contribution in [0.3, 0.4) is 0 Å². The zero-order valence-corrected chi connectivity index (χ0v) is 14.7. The van der Waals surface area contributed by atoms with Gasteiger partial charge in [0.25, 0.3) is 0 Å². The second-order valence-corrected chi connectivity index (χ2v) is 6.82. The highest BCUT2D eigenvalue weighted by Crippen LogP contribution is 2.21. The van der Waals surface area contributed by atoms with Gasteiger partial charge in [-0.2, -0.15) is 0 Å². The molecule has 0 spiro atoms. The molecule has 0 aliphatic carbocycles. The third-order valence-corrected chi connectivity index (χ3v) is 4.74. The molecule has 0 saturated carbocycles. The molecular weight excluding hydrogens is 330 g/mol. The predicted octanol–water partition coefficient (Wildman–Crippen LogP) is 4.17. The Hall–Kier alpha value is -2.43. The molecule has 1 unspecified atom stereocenters. The lowest BCUT2D eigenvalue weighted by atomic mass is 10.1. The third kappa shape index (κ3) is 5.02. The summed E-state index contributed by atoms with van der Waals surface area (Å²) in [5.74, 6) is 0. The molecule has 0 aliphatic rings. The summed E-state index contributed by atoms with van der Waals surface area (Å²) < 4.78 is 22.6. The van der Waals surface area contributed by atoms with Crippen LogP contribution in [0.15, 0.2) is 89.8 Å². The average molecular weight is 350 g/mol. The molecule has 0 heterocycles. The Kier molecular flexibility index (Phi) is 5.99. The number of rotatable bonds is 7. The van der Waals surface area contributed by atoms with Crippen LogP contribution in [0, 0.1) is 0 Å². The van der Waals surface area contributed by atoms with E-state index in [9.17, 15) is 8.76 Å². The molecule has 3 nitrogen and oxygen atoms in total. The van der Waals surface area contributed by atoms with Gasteiger partial charge >= 0.3 is 0 Å². The molecule has 0 saturated heterocycles. The molecule has 4 heteroatoms. The third-order valence-electron chi connectivity index (χ3n) is 4.10. The zero-order chi connectivity index (χ0) is 17.5. The van der Waals surface area contributed by atoms with Crippen LogP contribution in [0.1, 0.15) is 11.1 Å². The fourth-order valence-electron chi connectivity index (χ4n) is 2.80. The minimum Gasteiger partial charge on any atom is -0.768 e. The lowest BCUT2D eigenvalue weighted by Crippen LogP contribution is -2.25. The van der Waals surface area contributed by atoms with Crippen LogP contribution in [0.25, 0.3) is 0 Å². The highest BCUT2D eigenvalue weighted by atomic mass is 32.2. The first-order valence-electron chi connectivity index (χ1n) is 8.24. The van der Waals surface area contributed by atoms with Gasteiger partial charge in [-0.1, -0.05) is 66.7 Å². The van der Waals surface area contributed by atoms with Crippen molar-refractivity contribution in [1.82, 2.24) is 0 Å². The summed E-state index contributed by atoms with van der Waals surface area (Å²) in [7, 11) is 0. The average Bonchev–Trinajstić information content (AvgIpc) is 2.67. The topological polar surface area (TPSA) is 43.4 Å². The monoisotopic (exact) mass is 350 g/mol. The summed E-state index contributed by atoms with van der Waals surface area (Å²) in [6, 6.07) is 27.6. The van der Waals surface area contributed by atoms with E-state index < -0.39 is 11.1 Å². The Morgan fingerprint density at radius 1 is 0.800 bits per heavy atom. The fraction of sp³-hybridized carbons (Fsp3) is 0.143. The molecule has 0 aromatic heterocycles. The normalized spacial score (nSPS) is 11.9. The van der Waals surface area contributed by atoms with Crippen LogP contribution in [0.5, 0.6) is 0 Å². The van der Waals surface area contributed by atoms with E-state index in [4.69, 9.17) is 0 Å². The van der Waals surface area contributed by atoms with E-state index in [1.165, 1.54) is 11.1 Å². The van der Waals surface area contributed by atoms with Gasteiger partial charge in [-0.15, -0.1) is 0 Å². The molecule has 0 fully saturated rings. The smallest absolute Gasteiger partial charge is 0.0429 e. The van der Waals surface area contributed by atoms with E-state index in [0.29, 0.717) is 4.90 Å². The lowest BCUT2D eigenvalue weighted by molar-refractivity contribution is 0.537. The molecule has 0 N–H and O–H groups in total. The minimum absolute atomic E-state index is 0.315. The highest BCUT2D eigenvalue weighted by Gasteiger charge is 2.09. The van der Waals surface area contributed by atoms with Crippen molar-refractivity contribution in [3.05, 3.63) is 96.1 Å². The van der Waals surface area contributed by atoms with Gasteiger partial charge in [0.2, 0.25) is 0 Å². The predicted molar refractivity (Wildman–Crippen MR) is 101 cm³/mol. The summed E-state index contributed by atoms with van der Waals surface area (Å²) >= 11 is -2.22. The van der Waals surface area contributed by atoms with E-state index in [1.807, 2.05) is 42.5 Å². The largest absolute Gasteiger partial charge is 0.768 e. The minimum atomic E-state index is -2.22. The van der Waals surface area contributed by atoms with Gasteiger partial charge in [0.05, 0.1) is 0 Å². The summed E-state index contributed by atoms with van der Waals surface area (Å²) in [6.07, 6.45) is 0.901. The summed E-state index contributed by atoms with van der Waals surface area (Å²) in [4.78, 5) is 2.54. The van der Waals surface area contributed by atoms with Crippen LogP contribution in [-0.4, -0.2) is 15.3 Å². The molecule has 1 atom stereocenters. The second-order valence-electron chi connectivity index (χ2n) is 5.87. The maximum Gasteiger partial charge on any atom is 0.0429 e. The van der Waals surface area contributed by atoms with E-state index in [2.05, 4.69) is 29.2 Å². The Bertz CT molecular complexity index is 822. The van der Waals surface area contributed by atoms with Gasteiger partial charge in [0.15, 0.2) is 0 Å². The first-order chi connectivity index (χ1) is 12.2. The van der Waals surface area contributed by atoms with Gasteiger partial charge < -0.3 is 9.45 Å². The molecule has 128 valence electrons. The highest BCUT2D eigenvalue weighted by molar-refractivity contribution is 7.79. The fourth-order valence-corrected chi connectivity index (χ4v) is 3.20. The number of benzene rings is 3. The van der Waals surface area contributed by atoms with Crippen molar-refractivity contribution in [2.24, 2.45) is 0 Å². The van der Waals surface area contributed by atoms with Crippen molar-refractivity contribution in [3.8, 4) is 0 Å². The van der Waals surface area contributed by atoms with Gasteiger partial charge in [-0.05, 0) is 46.8 Å². The number of hydrogen-bond donors (Lipinski definition) is 0. The van der Waals surface area contributed by atoms with E-state index in [0.717, 1.165) is 25.2 Å². The molecule has 3 aromatic carbocycles. The van der Waals surface area contributed by atoms with Crippen LogP contribution in [-0.2, 0) is 24.0 Å². The number of nitrogens with zero attached hydrogens (tertiary/aromatic N) is 1. The zero-order valence-electron chi connectivity index (χ0n) is 13.9. The van der Waals surface area contributed by atoms with Crippen molar-refractivity contribution < 1.29 is 8.76 Å². The van der Waals surface area contributed by atoms with Gasteiger partial charge in [0, 0.05) is 23.7 Å². The number of anilines is 1. The molecule has 0 aliphatic heterocycles. The Morgan fingerprint density at radius 2 is 1.44 bits per heavy atom. The van der Waals surface area contributed by atoms with Crippen molar-refractivity contribution in [2.75, 3.05) is 11.4 Å². The van der Waals surface area contributed by atoms with Gasteiger partial charge in [-0.3, -0.25) is 4.21 Å². The van der Waals surface area contributed by atoms with E-state index in [-0.39, 0.29) is 0 Å². The van der Waals surface area contributed by atoms with Gasteiger partial charge in [0.1, 0.15) is 0 Å². The van der Waals surface area contributed by atoms with Crippen molar-refractivity contribution in [1.29, 1.82) is 0 Å². The van der Waals surface area contributed by atoms with Crippen LogP contribution < -0.4 is 4.90 Å². The van der Waals surface area contributed by atoms with Gasteiger partial charge in [-0.25, -0.2) is 0 Å². The Balaban J connectivity index is 1.83. The van der Waals surface area contributed by atoms with Crippen molar-refractivity contribution in [2.45, 2.75) is 17.9 Å². The molecule has 0 bridgehead atoms. The van der Waals surface area contributed by atoms with E-state index in [1.54, 1.807) is 18.2 Å². The SMILES string of the molecule is O=S([O-])c1cccc(N(CCc2ccccc2)Cc2ccccc2)c1. The Labute approximate surface area is 151 Å². The number of hydrogen-bond acceptors (Lipinski definition) is 3. The maximum absolute atomic E-state index is 11.3. The lowest BCUT2D eigenvalue weighted by Gasteiger charge is -2.26. The summed E-state index contributed by atoms with van der Waals surface area (Å²) in [5.41, 5.74) is 3.38. The van der Waals surface area contributed by atoms with Crippen molar-refractivity contribution >= 4 is 16.8 Å². The first kappa shape index (κ1) is 17.4. The van der Waals surface area contributed by atoms with Crippen LogP contribution in [0.4, 0.5) is 5.69 Å². The first-order valence-corrected chi connectivity index (χ1v) is 9.32.